The zero-order valence-electron chi connectivity index (χ0n) is 9.12. The third-order valence-corrected chi connectivity index (χ3v) is 2.69. The first-order chi connectivity index (χ1) is 8.16. The Kier molecular flexibility index (Phi) is 3.41. The first-order valence-electron chi connectivity index (χ1n) is 5.35. The number of hydrogen-bond acceptors (Lipinski definition) is 3. The van der Waals surface area contributed by atoms with Gasteiger partial charge in [-0.1, -0.05) is 0 Å². The fourth-order valence-electron chi connectivity index (χ4n) is 1.78. The molecular weight excluding hydrogens is 227 g/mol. The molecule has 5 nitrogen and oxygen atoms in total. The van der Waals surface area contributed by atoms with Crippen LogP contribution in [-0.2, 0) is 0 Å². The monoisotopic (exact) mass is 240 g/mol. The average molecular weight is 240 g/mol. The summed E-state index contributed by atoms with van der Waals surface area (Å²) >= 11 is 0. The van der Waals surface area contributed by atoms with Crippen LogP contribution in [0.4, 0.5) is 9.18 Å². The number of halogens is 1. The van der Waals surface area contributed by atoms with Crippen LogP contribution in [0.3, 0.4) is 0 Å². The number of piperidine rings is 1. The Balaban J connectivity index is 1.94. The number of nitrogens with zero attached hydrogens (tertiary/aromatic N) is 2. The van der Waals surface area contributed by atoms with E-state index in [1.165, 1.54) is 0 Å². The molecule has 17 heavy (non-hydrogen) atoms. The van der Waals surface area contributed by atoms with E-state index in [9.17, 15) is 9.18 Å². The quantitative estimate of drug-likeness (QED) is 0.851. The van der Waals surface area contributed by atoms with Gasteiger partial charge in [0.05, 0.1) is 6.54 Å². The molecule has 1 fully saturated rings. The van der Waals surface area contributed by atoms with Gasteiger partial charge in [0.15, 0.2) is 6.17 Å². The van der Waals surface area contributed by atoms with Crippen molar-refractivity contribution in [3.8, 4) is 5.75 Å². The van der Waals surface area contributed by atoms with Gasteiger partial charge in [0, 0.05) is 25.4 Å². The first kappa shape index (κ1) is 11.6. The summed E-state index contributed by atoms with van der Waals surface area (Å²) in [7, 11) is 0. The van der Waals surface area contributed by atoms with Gasteiger partial charge in [0.1, 0.15) is 11.9 Å². The molecule has 1 amide bonds. The molecular formula is C11H13FN2O3. The van der Waals surface area contributed by atoms with E-state index < -0.39 is 18.4 Å². The number of ether oxygens (including phenoxy) is 1. The molecule has 2 rings (SSSR count). The lowest BCUT2D eigenvalue weighted by Gasteiger charge is -2.33. The second-order valence-electron chi connectivity index (χ2n) is 3.87. The van der Waals surface area contributed by atoms with Gasteiger partial charge in [-0.25, -0.2) is 9.18 Å². The standard InChI is InChI=1S/C11H13FN2O3/c12-9-7-14(11(15)16)6-3-10(9)17-8-1-4-13-5-2-8/h1-2,4-5,9-10H,3,6-7H2,(H,15,16)/t9-,10-/m1/s1. The van der Waals surface area contributed by atoms with Crippen molar-refractivity contribution in [3.63, 3.8) is 0 Å². The Hall–Kier alpha value is -1.85. The fourth-order valence-corrected chi connectivity index (χ4v) is 1.78. The maximum atomic E-state index is 13.7. The molecule has 0 aliphatic carbocycles. The summed E-state index contributed by atoms with van der Waals surface area (Å²) in [4.78, 5) is 15.6. The number of aromatic nitrogens is 1. The molecule has 0 radical (unpaired) electrons. The Morgan fingerprint density at radius 1 is 1.53 bits per heavy atom. The van der Waals surface area contributed by atoms with Crippen LogP contribution in [0, 0.1) is 0 Å². The molecule has 0 bridgehead atoms. The summed E-state index contributed by atoms with van der Waals surface area (Å²) in [6.07, 6.45) is 0.510. The molecule has 0 spiro atoms. The minimum atomic E-state index is -1.30. The van der Waals surface area contributed by atoms with Crippen LogP contribution >= 0.6 is 0 Å². The lowest BCUT2D eigenvalue weighted by molar-refractivity contribution is 0.0249. The third kappa shape index (κ3) is 2.83. The van der Waals surface area contributed by atoms with Crippen molar-refractivity contribution in [2.45, 2.75) is 18.7 Å². The highest BCUT2D eigenvalue weighted by Gasteiger charge is 2.32. The summed E-state index contributed by atoms with van der Waals surface area (Å²) in [6, 6.07) is 3.30. The molecule has 1 aliphatic heterocycles. The van der Waals surface area contributed by atoms with Crippen LogP contribution in [0.1, 0.15) is 6.42 Å². The molecule has 92 valence electrons. The molecule has 1 aromatic heterocycles. The molecule has 6 heteroatoms. The number of carbonyl (C=O) groups is 1. The van der Waals surface area contributed by atoms with Crippen molar-refractivity contribution in [2.24, 2.45) is 0 Å². The molecule has 1 aromatic rings. The molecule has 0 unspecified atom stereocenters. The maximum absolute atomic E-state index is 13.7. The highest BCUT2D eigenvalue weighted by Crippen LogP contribution is 2.20. The summed E-state index contributed by atoms with van der Waals surface area (Å²) in [5, 5.41) is 8.74. The van der Waals surface area contributed by atoms with Crippen LogP contribution in [0.15, 0.2) is 24.5 Å². The molecule has 1 N–H and O–H groups in total. The normalized spacial score (nSPS) is 24.4. The maximum Gasteiger partial charge on any atom is 0.407 e. The van der Waals surface area contributed by atoms with E-state index in [2.05, 4.69) is 4.98 Å². The third-order valence-electron chi connectivity index (χ3n) is 2.69. The van der Waals surface area contributed by atoms with Crippen molar-refractivity contribution in [2.75, 3.05) is 13.1 Å². The predicted octanol–water partition coefficient (Wildman–Crippen LogP) is 1.55. The van der Waals surface area contributed by atoms with E-state index in [4.69, 9.17) is 9.84 Å². The minimum Gasteiger partial charge on any atom is -0.487 e. The number of pyridine rings is 1. The summed E-state index contributed by atoms with van der Waals surface area (Å²) in [5.41, 5.74) is 0. The largest absolute Gasteiger partial charge is 0.487 e. The molecule has 1 saturated heterocycles. The van der Waals surface area contributed by atoms with Gasteiger partial charge >= 0.3 is 6.09 Å². The van der Waals surface area contributed by atoms with Crippen molar-refractivity contribution in [1.29, 1.82) is 0 Å². The van der Waals surface area contributed by atoms with Crippen molar-refractivity contribution in [3.05, 3.63) is 24.5 Å². The van der Waals surface area contributed by atoms with Gasteiger partial charge in [-0.15, -0.1) is 0 Å². The van der Waals surface area contributed by atoms with Crippen molar-refractivity contribution in [1.82, 2.24) is 9.88 Å². The molecule has 0 saturated carbocycles. The summed E-state index contributed by atoms with van der Waals surface area (Å²) in [5.74, 6) is 0.552. The van der Waals surface area contributed by atoms with Crippen LogP contribution in [0.2, 0.25) is 0 Å². The van der Waals surface area contributed by atoms with E-state index in [1.54, 1.807) is 24.5 Å². The molecule has 1 aliphatic rings. The minimum absolute atomic E-state index is 0.134. The SMILES string of the molecule is O=C(O)N1CC[C@@H](Oc2ccncc2)[C@H](F)C1. The van der Waals surface area contributed by atoms with E-state index in [-0.39, 0.29) is 6.54 Å². The number of likely N-dealkylation sites (tertiary alicyclic amines) is 1. The number of hydrogen-bond donors (Lipinski definition) is 1. The second-order valence-corrected chi connectivity index (χ2v) is 3.87. The zero-order chi connectivity index (χ0) is 12.3. The lowest BCUT2D eigenvalue weighted by Crippen LogP contribution is -2.48. The average Bonchev–Trinajstić information content (AvgIpc) is 2.33. The Bertz CT molecular complexity index is 388. The summed E-state index contributed by atoms with van der Waals surface area (Å²) < 4.78 is 19.2. The van der Waals surface area contributed by atoms with E-state index >= 15 is 0 Å². The van der Waals surface area contributed by atoms with E-state index in [0.29, 0.717) is 18.7 Å². The second kappa shape index (κ2) is 4.99. The lowest BCUT2D eigenvalue weighted by atomic mass is 10.1. The number of amides is 1. The van der Waals surface area contributed by atoms with E-state index in [0.717, 1.165) is 4.90 Å². The van der Waals surface area contributed by atoms with Crippen molar-refractivity contribution >= 4 is 6.09 Å². The first-order valence-corrected chi connectivity index (χ1v) is 5.35. The fraction of sp³-hybridized carbons (Fsp3) is 0.455. The van der Waals surface area contributed by atoms with E-state index in [1.807, 2.05) is 0 Å². The van der Waals surface area contributed by atoms with Crippen LogP contribution in [0.25, 0.3) is 0 Å². The van der Waals surface area contributed by atoms with Crippen molar-refractivity contribution < 1.29 is 19.0 Å². The van der Waals surface area contributed by atoms with Crippen LogP contribution in [0.5, 0.6) is 5.75 Å². The Morgan fingerprint density at radius 2 is 2.24 bits per heavy atom. The van der Waals surface area contributed by atoms with Gasteiger partial charge in [-0.05, 0) is 12.1 Å². The smallest absolute Gasteiger partial charge is 0.407 e. The van der Waals surface area contributed by atoms with Gasteiger partial charge < -0.3 is 14.7 Å². The van der Waals surface area contributed by atoms with Gasteiger partial charge in [-0.2, -0.15) is 0 Å². The van der Waals surface area contributed by atoms with Gasteiger partial charge in [-0.3, -0.25) is 4.98 Å². The van der Waals surface area contributed by atoms with Gasteiger partial charge in [0.25, 0.3) is 0 Å². The van der Waals surface area contributed by atoms with Crippen LogP contribution < -0.4 is 4.74 Å². The molecule has 0 aromatic carbocycles. The number of alkyl halides is 1. The predicted molar refractivity (Wildman–Crippen MR) is 57.8 cm³/mol. The molecule has 2 atom stereocenters. The number of rotatable bonds is 2. The zero-order valence-corrected chi connectivity index (χ0v) is 9.12. The van der Waals surface area contributed by atoms with Gasteiger partial charge in [0.2, 0.25) is 0 Å². The number of carboxylic acid groups (broad SMARTS) is 1. The Morgan fingerprint density at radius 3 is 2.82 bits per heavy atom. The summed E-state index contributed by atoms with van der Waals surface area (Å²) in [6.45, 7) is 0.163. The topological polar surface area (TPSA) is 62.7 Å². The van der Waals surface area contributed by atoms with Crippen LogP contribution in [-0.4, -0.2) is 46.4 Å². The molecule has 2 heterocycles. The highest BCUT2D eigenvalue weighted by atomic mass is 19.1. The Labute approximate surface area is 97.8 Å². The highest BCUT2D eigenvalue weighted by molar-refractivity contribution is 5.65.